The smallest absolute Gasteiger partial charge is 0.303 e. The molecule has 2 bridgehead atoms. The van der Waals surface area contributed by atoms with Crippen LogP contribution in [0, 0.1) is 29.6 Å². The van der Waals surface area contributed by atoms with Gasteiger partial charge in [0.2, 0.25) is 0 Å². The highest BCUT2D eigenvalue weighted by molar-refractivity contribution is 5.66. The van der Waals surface area contributed by atoms with Gasteiger partial charge in [-0.05, 0) is 68.1 Å². The van der Waals surface area contributed by atoms with E-state index in [1.807, 2.05) is 0 Å². The van der Waals surface area contributed by atoms with E-state index in [9.17, 15) is 9.90 Å². The largest absolute Gasteiger partial charge is 0.481 e. The van der Waals surface area contributed by atoms with Gasteiger partial charge in [0.05, 0.1) is 6.10 Å². The maximum atomic E-state index is 10.6. The molecule has 0 spiro atoms. The molecule has 148 valence electrons. The lowest BCUT2D eigenvalue weighted by Gasteiger charge is -2.29. The summed E-state index contributed by atoms with van der Waals surface area (Å²) in [6.07, 6.45) is 20.6. The first kappa shape index (κ1) is 19.9. The molecule has 0 heterocycles. The number of unbranched alkanes of at least 4 members (excludes halogenated alkanes) is 3. The molecule has 3 aliphatic rings. The highest BCUT2D eigenvalue weighted by atomic mass is 16.4. The maximum absolute atomic E-state index is 10.6. The van der Waals surface area contributed by atoms with Crippen molar-refractivity contribution in [1.82, 2.24) is 0 Å². The summed E-state index contributed by atoms with van der Waals surface area (Å²) in [5.74, 6) is 3.33. The molecule has 3 saturated carbocycles. The van der Waals surface area contributed by atoms with Crippen molar-refractivity contribution in [2.45, 2.75) is 96.0 Å². The van der Waals surface area contributed by atoms with Crippen molar-refractivity contribution in [2.75, 3.05) is 0 Å². The summed E-state index contributed by atoms with van der Waals surface area (Å²) in [6, 6.07) is 0. The minimum absolute atomic E-state index is 0.242. The summed E-state index contributed by atoms with van der Waals surface area (Å²) in [6.45, 7) is 0. The number of hydrogen-bond donors (Lipinski definition) is 2. The van der Waals surface area contributed by atoms with Crippen LogP contribution in [0.3, 0.4) is 0 Å². The van der Waals surface area contributed by atoms with Crippen LogP contribution in [-0.4, -0.2) is 22.3 Å². The lowest BCUT2D eigenvalue weighted by molar-refractivity contribution is -0.137. The molecule has 2 N–H and O–H groups in total. The summed E-state index contributed by atoms with van der Waals surface area (Å²) in [4.78, 5) is 10.6. The van der Waals surface area contributed by atoms with E-state index in [1.165, 1.54) is 64.2 Å². The zero-order valence-corrected chi connectivity index (χ0v) is 16.3. The van der Waals surface area contributed by atoms with E-state index in [0.717, 1.165) is 42.9 Å². The third-order valence-corrected chi connectivity index (χ3v) is 7.44. The van der Waals surface area contributed by atoms with Gasteiger partial charge in [-0.25, -0.2) is 0 Å². The second-order valence-electron chi connectivity index (χ2n) is 9.26. The molecule has 3 nitrogen and oxygen atoms in total. The Hall–Kier alpha value is -0.830. The van der Waals surface area contributed by atoms with Crippen LogP contribution in [0.5, 0.6) is 0 Å². The first-order valence-corrected chi connectivity index (χ1v) is 11.2. The van der Waals surface area contributed by atoms with E-state index in [2.05, 4.69) is 12.2 Å². The topological polar surface area (TPSA) is 57.5 Å². The van der Waals surface area contributed by atoms with Gasteiger partial charge in [-0.15, -0.1) is 0 Å². The number of rotatable bonds is 11. The Morgan fingerprint density at radius 3 is 2.50 bits per heavy atom. The van der Waals surface area contributed by atoms with E-state index < -0.39 is 5.97 Å². The van der Waals surface area contributed by atoms with E-state index in [0.29, 0.717) is 12.3 Å². The molecule has 3 rings (SSSR count). The Morgan fingerprint density at radius 1 is 1.00 bits per heavy atom. The first-order valence-electron chi connectivity index (χ1n) is 11.2. The van der Waals surface area contributed by atoms with Crippen LogP contribution in [0.25, 0.3) is 0 Å². The number of aliphatic hydroxyl groups excluding tert-OH is 1. The lowest BCUT2D eigenvalue weighted by Crippen LogP contribution is -2.21. The zero-order chi connectivity index (χ0) is 18.4. The number of carboxylic acids is 1. The molecular weight excluding hydrogens is 324 g/mol. The third kappa shape index (κ3) is 5.58. The van der Waals surface area contributed by atoms with Gasteiger partial charge in [-0.3, -0.25) is 4.79 Å². The number of allylic oxidation sites excluding steroid dienone is 1. The number of carboxylic acid groups (broad SMARTS) is 1. The fourth-order valence-corrected chi connectivity index (χ4v) is 6.12. The Balaban J connectivity index is 1.41. The molecule has 0 aliphatic heterocycles. The highest BCUT2D eigenvalue weighted by Gasteiger charge is 2.45. The molecule has 3 aliphatic carbocycles. The summed E-state index contributed by atoms with van der Waals surface area (Å²) >= 11 is 0. The molecule has 3 fully saturated rings. The van der Waals surface area contributed by atoms with Crippen LogP contribution in [-0.2, 0) is 4.79 Å². The second kappa shape index (κ2) is 9.92. The summed E-state index contributed by atoms with van der Waals surface area (Å²) in [7, 11) is 0. The van der Waals surface area contributed by atoms with Crippen LogP contribution < -0.4 is 0 Å². The maximum Gasteiger partial charge on any atom is 0.303 e. The molecule has 0 aromatic carbocycles. The van der Waals surface area contributed by atoms with Crippen LogP contribution in [0.15, 0.2) is 12.2 Å². The Labute approximate surface area is 159 Å². The van der Waals surface area contributed by atoms with Crippen molar-refractivity contribution >= 4 is 5.97 Å². The molecular formula is C23H38O3. The average molecular weight is 363 g/mol. The van der Waals surface area contributed by atoms with Crippen molar-refractivity contribution in [3.63, 3.8) is 0 Å². The third-order valence-electron chi connectivity index (χ3n) is 7.44. The molecule has 0 aromatic heterocycles. The molecule has 26 heavy (non-hydrogen) atoms. The summed E-state index contributed by atoms with van der Waals surface area (Å²) in [5, 5.41) is 19.1. The number of aliphatic hydroxyl groups is 1. The normalized spacial score (nSPS) is 32.7. The molecule has 0 amide bonds. The Morgan fingerprint density at radius 2 is 1.73 bits per heavy atom. The van der Waals surface area contributed by atoms with Crippen LogP contribution >= 0.6 is 0 Å². The van der Waals surface area contributed by atoms with E-state index >= 15 is 0 Å². The van der Waals surface area contributed by atoms with Crippen molar-refractivity contribution in [3.8, 4) is 0 Å². The summed E-state index contributed by atoms with van der Waals surface area (Å²) < 4.78 is 0. The van der Waals surface area contributed by atoms with E-state index in [4.69, 9.17) is 5.11 Å². The van der Waals surface area contributed by atoms with Crippen molar-refractivity contribution in [1.29, 1.82) is 0 Å². The van der Waals surface area contributed by atoms with Crippen LogP contribution in [0.2, 0.25) is 0 Å². The van der Waals surface area contributed by atoms with Gasteiger partial charge in [-0.2, -0.15) is 0 Å². The van der Waals surface area contributed by atoms with Crippen LogP contribution in [0.1, 0.15) is 89.9 Å². The Bertz CT molecular complexity index is 466. The van der Waals surface area contributed by atoms with Gasteiger partial charge >= 0.3 is 5.97 Å². The monoisotopic (exact) mass is 362 g/mol. The van der Waals surface area contributed by atoms with Crippen LogP contribution in [0.4, 0.5) is 0 Å². The molecule has 0 aromatic rings. The number of fused-ring (bicyclic) bond motifs is 2. The molecule has 1 unspecified atom stereocenters. The van der Waals surface area contributed by atoms with Gasteiger partial charge in [0.25, 0.3) is 0 Å². The molecule has 0 radical (unpaired) electrons. The number of hydrogen-bond acceptors (Lipinski definition) is 2. The zero-order valence-electron chi connectivity index (χ0n) is 16.3. The number of carbonyl (C=O) groups is 1. The van der Waals surface area contributed by atoms with E-state index in [1.54, 1.807) is 0 Å². The van der Waals surface area contributed by atoms with Crippen molar-refractivity contribution in [2.24, 2.45) is 29.6 Å². The predicted molar refractivity (Wildman–Crippen MR) is 105 cm³/mol. The fraction of sp³-hybridized carbons (Fsp3) is 0.870. The second-order valence-corrected chi connectivity index (χ2v) is 9.26. The number of aliphatic carboxylic acids is 1. The van der Waals surface area contributed by atoms with E-state index in [-0.39, 0.29) is 6.10 Å². The van der Waals surface area contributed by atoms with Crippen molar-refractivity contribution < 1.29 is 15.0 Å². The quantitative estimate of drug-likeness (QED) is 0.373. The first-order chi connectivity index (χ1) is 12.6. The summed E-state index contributed by atoms with van der Waals surface area (Å²) in [5.41, 5.74) is 0. The average Bonchev–Trinajstić information content (AvgIpc) is 3.33. The fourth-order valence-electron chi connectivity index (χ4n) is 6.12. The van der Waals surface area contributed by atoms with Gasteiger partial charge in [0, 0.05) is 6.42 Å². The Kier molecular flexibility index (Phi) is 7.60. The standard InChI is InChI=1S/C23H38O3/c24-20(15-17-7-5-6-8-17)13-14-22-19-12-11-18(16-19)21(22)9-3-1-2-4-10-23(25)26/h13-14,17-22,24H,1-12,15-16H2,(H,25,26)/t18-,19+,20?,21-,22+/m1/s1. The minimum atomic E-state index is -0.667. The van der Waals surface area contributed by atoms with Crippen molar-refractivity contribution in [3.05, 3.63) is 12.2 Å². The van der Waals surface area contributed by atoms with Gasteiger partial charge < -0.3 is 10.2 Å². The molecule has 3 heteroatoms. The molecule has 0 saturated heterocycles. The SMILES string of the molecule is O=C(O)CCCCCC[C@@H]1[C@@H]2CC[C@@H](C2)[C@@H]1C=CC(O)CC1CCCC1. The molecule has 5 atom stereocenters. The highest BCUT2D eigenvalue weighted by Crippen LogP contribution is 2.54. The lowest BCUT2D eigenvalue weighted by atomic mass is 9.76. The predicted octanol–water partition coefficient (Wildman–Crippen LogP) is 5.57. The minimum Gasteiger partial charge on any atom is -0.481 e. The van der Waals surface area contributed by atoms with Gasteiger partial charge in [0.1, 0.15) is 0 Å². The van der Waals surface area contributed by atoms with Gasteiger partial charge in [-0.1, -0.05) is 57.1 Å². The van der Waals surface area contributed by atoms with Gasteiger partial charge in [0.15, 0.2) is 0 Å².